The van der Waals surface area contributed by atoms with Gasteiger partial charge >= 0.3 is 0 Å². The molecule has 32 heavy (non-hydrogen) atoms. The second-order valence-corrected chi connectivity index (χ2v) is 8.32. The molecular weight excluding hydrogens is 411 g/mol. The summed E-state index contributed by atoms with van der Waals surface area (Å²) in [7, 11) is 0. The Morgan fingerprint density at radius 3 is 2.44 bits per heavy atom. The minimum Gasteiger partial charge on any atom is -0.388 e. The van der Waals surface area contributed by atoms with E-state index in [2.05, 4.69) is 22.6 Å². The third-order valence-electron chi connectivity index (χ3n) is 5.99. The number of aliphatic hydroxyl groups excluding tert-OH is 2. The van der Waals surface area contributed by atoms with Crippen LogP contribution in [0.4, 0.5) is 15.9 Å². The van der Waals surface area contributed by atoms with Crippen molar-refractivity contribution in [2.24, 2.45) is 4.99 Å². The Bertz CT molecular complexity index is 1140. The number of rotatable bonds is 4. The number of aryl methyl sites for hydroxylation is 1. The Morgan fingerprint density at radius 2 is 1.78 bits per heavy atom. The van der Waals surface area contributed by atoms with Crippen molar-refractivity contribution in [1.29, 1.82) is 0 Å². The number of aromatic nitrogens is 1. The van der Waals surface area contributed by atoms with E-state index in [9.17, 15) is 14.6 Å². The van der Waals surface area contributed by atoms with Crippen LogP contribution in [0.5, 0.6) is 0 Å². The standard InChI is InChI=1S/C24H25FN4O3/c1-14-3-5-16(6-4-14)19-12-29(24-22(31)21(30)15(2)32-24)23-20(19)11-28(13-26-23)27-18-9-7-17(25)8-10-18/h3-10,12-13,15,21-22,24,27,30-31H,11H2,1-2H3/t15-,21-,22-,24-/m1/s1. The molecule has 2 aromatic carbocycles. The molecule has 0 bridgehead atoms. The molecule has 1 aromatic heterocycles. The van der Waals surface area contributed by atoms with Crippen LogP contribution in [0.1, 0.15) is 24.3 Å². The highest BCUT2D eigenvalue weighted by Gasteiger charge is 2.42. The van der Waals surface area contributed by atoms with Gasteiger partial charge in [-0.1, -0.05) is 29.8 Å². The first-order chi connectivity index (χ1) is 15.4. The Hall–Kier alpha value is -3.20. The number of nitrogens with zero attached hydrogens (tertiary/aromatic N) is 3. The van der Waals surface area contributed by atoms with E-state index >= 15 is 0 Å². The first-order valence-corrected chi connectivity index (χ1v) is 10.6. The van der Waals surface area contributed by atoms with E-state index in [1.807, 2.05) is 30.3 Å². The number of hydrogen-bond donors (Lipinski definition) is 3. The van der Waals surface area contributed by atoms with Gasteiger partial charge in [0, 0.05) is 17.3 Å². The number of anilines is 1. The molecule has 8 heteroatoms. The van der Waals surface area contributed by atoms with Crippen molar-refractivity contribution in [2.45, 2.75) is 44.9 Å². The number of aliphatic imine (C=N–C) groups is 1. The third kappa shape index (κ3) is 3.66. The fourth-order valence-electron chi connectivity index (χ4n) is 4.18. The van der Waals surface area contributed by atoms with Gasteiger partial charge in [-0.05, 0) is 43.7 Å². The fraction of sp³-hybridized carbons (Fsp3) is 0.292. The lowest BCUT2D eigenvalue weighted by Gasteiger charge is -2.26. The van der Waals surface area contributed by atoms with Crippen LogP contribution in [-0.2, 0) is 11.3 Å². The maximum Gasteiger partial charge on any atom is 0.164 e. The summed E-state index contributed by atoms with van der Waals surface area (Å²) in [6.07, 6.45) is 0.333. The average Bonchev–Trinajstić information content (AvgIpc) is 3.28. The zero-order valence-electron chi connectivity index (χ0n) is 17.8. The van der Waals surface area contributed by atoms with Gasteiger partial charge in [-0.25, -0.2) is 9.38 Å². The van der Waals surface area contributed by atoms with Gasteiger partial charge in [0.2, 0.25) is 0 Å². The largest absolute Gasteiger partial charge is 0.388 e. The Balaban J connectivity index is 1.52. The number of benzene rings is 2. The molecule has 0 amide bonds. The zero-order valence-corrected chi connectivity index (χ0v) is 17.8. The highest BCUT2D eigenvalue weighted by Crippen LogP contribution is 2.41. The van der Waals surface area contributed by atoms with Crippen molar-refractivity contribution in [1.82, 2.24) is 9.58 Å². The molecular formula is C24H25FN4O3. The monoisotopic (exact) mass is 436 g/mol. The lowest BCUT2D eigenvalue weighted by atomic mass is 10.0. The van der Waals surface area contributed by atoms with Crippen molar-refractivity contribution in [2.75, 3.05) is 5.43 Å². The zero-order chi connectivity index (χ0) is 22.4. The molecule has 2 aliphatic rings. The molecule has 0 saturated carbocycles. The summed E-state index contributed by atoms with van der Waals surface area (Å²) in [5, 5.41) is 22.6. The summed E-state index contributed by atoms with van der Waals surface area (Å²) in [6.45, 7) is 4.27. The van der Waals surface area contributed by atoms with Gasteiger partial charge in [-0.2, -0.15) is 0 Å². The lowest BCUT2D eigenvalue weighted by molar-refractivity contribution is -0.0308. The molecule has 166 valence electrons. The lowest BCUT2D eigenvalue weighted by Crippen LogP contribution is -2.31. The molecule has 3 heterocycles. The van der Waals surface area contributed by atoms with Crippen LogP contribution in [-0.4, -0.2) is 44.4 Å². The maximum absolute atomic E-state index is 13.2. The van der Waals surface area contributed by atoms with Crippen molar-refractivity contribution in [3.05, 3.63) is 71.7 Å². The van der Waals surface area contributed by atoms with Crippen LogP contribution >= 0.6 is 0 Å². The van der Waals surface area contributed by atoms with E-state index in [-0.39, 0.29) is 5.82 Å². The molecule has 7 nitrogen and oxygen atoms in total. The number of hydrazine groups is 1. The summed E-state index contributed by atoms with van der Waals surface area (Å²) in [5.74, 6) is 0.374. The molecule has 4 atom stereocenters. The fourth-order valence-corrected chi connectivity index (χ4v) is 4.18. The molecule has 0 radical (unpaired) electrons. The molecule has 0 unspecified atom stereocenters. The highest BCUT2D eigenvalue weighted by molar-refractivity contribution is 5.77. The summed E-state index contributed by atoms with van der Waals surface area (Å²) in [6, 6.07) is 14.3. The average molecular weight is 436 g/mol. The quantitative estimate of drug-likeness (QED) is 0.580. The van der Waals surface area contributed by atoms with Gasteiger partial charge in [-0.3, -0.25) is 10.4 Å². The van der Waals surface area contributed by atoms with Gasteiger partial charge < -0.3 is 19.5 Å². The van der Waals surface area contributed by atoms with Crippen LogP contribution in [0.25, 0.3) is 11.1 Å². The van der Waals surface area contributed by atoms with Gasteiger partial charge in [0.1, 0.15) is 30.2 Å². The van der Waals surface area contributed by atoms with E-state index < -0.39 is 24.5 Å². The minimum absolute atomic E-state index is 0.296. The molecule has 5 rings (SSSR count). The Labute approximate surface area is 185 Å². The third-order valence-corrected chi connectivity index (χ3v) is 5.99. The van der Waals surface area contributed by atoms with E-state index in [0.717, 1.165) is 27.9 Å². The van der Waals surface area contributed by atoms with Crippen molar-refractivity contribution < 1.29 is 19.3 Å². The number of ether oxygens (including phenoxy) is 1. The first-order valence-electron chi connectivity index (χ1n) is 10.6. The molecule has 1 fully saturated rings. The van der Waals surface area contributed by atoms with Gasteiger partial charge in [-0.15, -0.1) is 0 Å². The Morgan fingerprint density at radius 1 is 1.06 bits per heavy atom. The molecule has 2 aliphatic heterocycles. The number of nitrogens with one attached hydrogen (secondary N) is 1. The van der Waals surface area contributed by atoms with Crippen LogP contribution in [0.2, 0.25) is 0 Å². The van der Waals surface area contributed by atoms with Crippen LogP contribution in [0.15, 0.2) is 59.7 Å². The van der Waals surface area contributed by atoms with Crippen molar-refractivity contribution in [3.8, 4) is 11.1 Å². The number of fused-ring (bicyclic) bond motifs is 1. The molecule has 1 saturated heterocycles. The van der Waals surface area contributed by atoms with Gasteiger partial charge in [0.05, 0.1) is 18.3 Å². The summed E-state index contributed by atoms with van der Waals surface area (Å²) >= 11 is 0. The normalized spacial score (nSPS) is 24.6. The maximum atomic E-state index is 13.2. The summed E-state index contributed by atoms with van der Waals surface area (Å²) in [5.41, 5.74) is 8.06. The number of hydrogen-bond acceptors (Lipinski definition) is 6. The topological polar surface area (TPSA) is 82.2 Å². The predicted octanol–water partition coefficient (Wildman–Crippen LogP) is 3.74. The van der Waals surface area contributed by atoms with E-state index in [4.69, 9.17) is 4.74 Å². The predicted molar refractivity (Wildman–Crippen MR) is 120 cm³/mol. The number of aliphatic hydroxyl groups is 2. The van der Waals surface area contributed by atoms with E-state index in [0.29, 0.717) is 12.4 Å². The Kier molecular flexibility index (Phi) is 5.21. The summed E-state index contributed by atoms with van der Waals surface area (Å²) < 4.78 is 20.9. The van der Waals surface area contributed by atoms with Crippen LogP contribution in [0, 0.1) is 12.7 Å². The van der Waals surface area contributed by atoms with Crippen LogP contribution in [0.3, 0.4) is 0 Å². The van der Waals surface area contributed by atoms with Gasteiger partial charge in [0.25, 0.3) is 0 Å². The SMILES string of the molecule is Cc1ccc(-c2cn([C@@H]3O[C@H](C)[C@@H](O)[C@H]3O)c3c2CN(Nc2ccc(F)cc2)C=N3)cc1. The van der Waals surface area contributed by atoms with E-state index in [1.165, 1.54) is 12.1 Å². The molecule has 3 aromatic rings. The van der Waals surface area contributed by atoms with Crippen molar-refractivity contribution >= 4 is 17.8 Å². The molecule has 3 N–H and O–H groups in total. The number of halogens is 1. The highest BCUT2D eigenvalue weighted by atomic mass is 19.1. The van der Waals surface area contributed by atoms with E-state index in [1.54, 1.807) is 30.0 Å². The van der Waals surface area contributed by atoms with Gasteiger partial charge in [0.15, 0.2) is 6.23 Å². The minimum atomic E-state index is -1.06. The second kappa shape index (κ2) is 8.05. The second-order valence-electron chi connectivity index (χ2n) is 8.32. The summed E-state index contributed by atoms with van der Waals surface area (Å²) in [4.78, 5) is 4.64. The van der Waals surface area contributed by atoms with Crippen LogP contribution < -0.4 is 5.43 Å². The first kappa shape index (κ1) is 20.7. The molecule has 0 aliphatic carbocycles. The molecule has 0 spiro atoms. The smallest absolute Gasteiger partial charge is 0.164 e. The van der Waals surface area contributed by atoms with Crippen molar-refractivity contribution in [3.63, 3.8) is 0 Å².